The molecule has 53 heavy (non-hydrogen) atoms. The molecule has 0 aromatic heterocycles. The van der Waals surface area contributed by atoms with Gasteiger partial charge in [0.15, 0.2) is 0 Å². The lowest BCUT2D eigenvalue weighted by Crippen LogP contribution is -1.96. The van der Waals surface area contributed by atoms with Crippen molar-refractivity contribution in [2.45, 2.75) is 251 Å². The highest BCUT2D eigenvalue weighted by atomic mass is 16.3. The van der Waals surface area contributed by atoms with E-state index in [1.807, 2.05) is 12.1 Å². The van der Waals surface area contributed by atoms with Crippen LogP contribution in [0.5, 0.6) is 11.5 Å². The van der Waals surface area contributed by atoms with E-state index in [1.165, 1.54) is 205 Å². The van der Waals surface area contributed by atoms with Gasteiger partial charge in [-0.15, -0.1) is 0 Å². The van der Waals surface area contributed by atoms with Crippen molar-refractivity contribution in [2.75, 3.05) is 0 Å². The molecule has 2 N–H and O–H groups in total. The van der Waals surface area contributed by atoms with Gasteiger partial charge in [0, 0.05) is 6.42 Å². The van der Waals surface area contributed by atoms with E-state index in [-0.39, 0.29) is 0 Å². The molecule has 2 nitrogen and oxygen atoms in total. The van der Waals surface area contributed by atoms with Gasteiger partial charge in [-0.25, -0.2) is 0 Å². The Hall–Kier alpha value is -1.96. The molecule has 0 radical (unpaired) electrons. The second-order valence-corrected chi connectivity index (χ2v) is 16.8. The molecule has 2 aromatic carbocycles. The van der Waals surface area contributed by atoms with Crippen molar-refractivity contribution in [2.24, 2.45) is 0 Å². The average molecular weight is 733 g/mol. The van der Waals surface area contributed by atoms with Crippen LogP contribution >= 0.6 is 0 Å². The van der Waals surface area contributed by atoms with Crippen LogP contribution in [0.3, 0.4) is 0 Å². The zero-order valence-corrected chi connectivity index (χ0v) is 35.5. The van der Waals surface area contributed by atoms with Crippen LogP contribution < -0.4 is 0 Å². The first-order chi connectivity index (χ1) is 26.2. The summed E-state index contributed by atoms with van der Waals surface area (Å²) in [5.74, 6) is 0.865. The summed E-state index contributed by atoms with van der Waals surface area (Å²) in [6, 6.07) is 12.4. The monoisotopic (exact) mass is 733 g/mol. The Morgan fingerprint density at radius 1 is 0.283 bits per heavy atom. The van der Waals surface area contributed by atoms with Gasteiger partial charge in [-0.2, -0.15) is 0 Å². The maximum absolute atomic E-state index is 11.1. The van der Waals surface area contributed by atoms with Gasteiger partial charge in [-0.05, 0) is 47.9 Å². The first kappa shape index (κ1) is 47.2. The number of benzene rings is 2. The molecule has 0 aliphatic heterocycles. The Kier molecular flexibility index (Phi) is 30.7. The Morgan fingerprint density at radius 3 is 0.736 bits per heavy atom. The van der Waals surface area contributed by atoms with Crippen molar-refractivity contribution < 1.29 is 10.2 Å². The molecular weight excluding hydrogens is 645 g/mol. The molecule has 0 heterocycles. The molecule has 2 rings (SSSR count). The minimum atomic E-state index is 0.432. The Bertz CT molecular complexity index is 1000. The molecule has 2 heteroatoms. The molecule has 2 aromatic rings. The fourth-order valence-electron chi connectivity index (χ4n) is 8.26. The van der Waals surface area contributed by atoms with Gasteiger partial charge in [0.05, 0.1) is 0 Å². The summed E-state index contributed by atoms with van der Waals surface area (Å²) in [5, 5.41) is 22.3. The topological polar surface area (TPSA) is 40.5 Å². The maximum Gasteiger partial charge on any atom is 0.122 e. The Morgan fingerprint density at radius 2 is 0.491 bits per heavy atom. The molecule has 0 saturated carbocycles. The van der Waals surface area contributed by atoms with Crippen molar-refractivity contribution in [3.05, 3.63) is 58.7 Å². The van der Waals surface area contributed by atoms with Crippen LogP contribution in [0.25, 0.3) is 0 Å². The van der Waals surface area contributed by atoms with Crippen LogP contribution in [0.15, 0.2) is 36.4 Å². The van der Waals surface area contributed by atoms with Gasteiger partial charge in [-0.1, -0.05) is 256 Å². The van der Waals surface area contributed by atoms with Crippen molar-refractivity contribution >= 4 is 0 Å². The van der Waals surface area contributed by atoms with Crippen LogP contribution in [0.2, 0.25) is 0 Å². The number of hydrogen-bond acceptors (Lipinski definition) is 2. The minimum absolute atomic E-state index is 0.432. The van der Waals surface area contributed by atoms with E-state index in [9.17, 15) is 10.2 Å². The molecular formula is C51H88O2. The van der Waals surface area contributed by atoms with Gasteiger partial charge >= 0.3 is 0 Å². The summed E-state index contributed by atoms with van der Waals surface area (Å²) in [7, 11) is 0. The quantitative estimate of drug-likeness (QED) is 0.0675. The van der Waals surface area contributed by atoms with E-state index < -0.39 is 0 Å². The fourth-order valence-corrected chi connectivity index (χ4v) is 8.26. The van der Waals surface area contributed by atoms with E-state index in [4.69, 9.17) is 0 Å². The molecule has 0 unspecified atom stereocenters. The smallest absolute Gasteiger partial charge is 0.122 e. The summed E-state index contributed by atoms with van der Waals surface area (Å²) in [5.41, 5.74) is 3.98. The molecule has 0 fully saturated rings. The van der Waals surface area contributed by atoms with Crippen LogP contribution in [0.4, 0.5) is 0 Å². The number of aryl methyl sites for hydroxylation is 2. The number of hydrogen-bond donors (Lipinski definition) is 2. The molecule has 0 aliphatic rings. The molecule has 0 atom stereocenters. The normalized spacial score (nSPS) is 11.5. The molecule has 0 bridgehead atoms. The van der Waals surface area contributed by atoms with E-state index >= 15 is 0 Å². The van der Waals surface area contributed by atoms with Gasteiger partial charge in [0.2, 0.25) is 0 Å². The Balaban J connectivity index is 1.50. The summed E-state index contributed by atoms with van der Waals surface area (Å²) in [4.78, 5) is 0. The second kappa shape index (κ2) is 34.5. The lowest BCUT2D eigenvalue weighted by atomic mass is 9.95. The summed E-state index contributed by atoms with van der Waals surface area (Å²) in [6.07, 6.45) is 49.4. The van der Waals surface area contributed by atoms with Crippen molar-refractivity contribution in [3.63, 3.8) is 0 Å². The van der Waals surface area contributed by atoms with Crippen LogP contribution in [0.1, 0.15) is 254 Å². The standard InChI is InChI=1S/C51H88O2/c1-3-5-7-9-11-13-15-17-19-21-23-25-27-29-31-33-35-39-46-41-37-43-48(50(46)52)45-49-44-38-42-47(51(49)53)40-36-34-32-30-28-26-24-22-20-18-16-14-12-10-8-6-4-2/h37-38,41-44,52-53H,3-36,39-40,45H2,1-2H3. The Labute approximate surface area is 330 Å². The van der Waals surface area contributed by atoms with Crippen molar-refractivity contribution in [3.8, 4) is 11.5 Å². The number of para-hydroxylation sites is 2. The first-order valence-electron chi connectivity index (χ1n) is 23.8. The number of phenols is 2. The highest BCUT2D eigenvalue weighted by molar-refractivity contribution is 5.47. The third kappa shape index (κ3) is 24.9. The number of phenolic OH excluding ortho intramolecular Hbond substituents is 2. The third-order valence-corrected chi connectivity index (χ3v) is 11.9. The van der Waals surface area contributed by atoms with E-state index in [2.05, 4.69) is 38.1 Å². The predicted octanol–water partition coefficient (Wildman–Crippen LogP) is 17.1. The predicted molar refractivity (Wildman–Crippen MR) is 235 cm³/mol. The maximum atomic E-state index is 11.1. The molecule has 0 spiro atoms. The number of aromatic hydroxyl groups is 2. The van der Waals surface area contributed by atoms with E-state index in [1.54, 1.807) is 0 Å². The van der Waals surface area contributed by atoms with Gasteiger partial charge in [0.1, 0.15) is 11.5 Å². The van der Waals surface area contributed by atoms with Crippen LogP contribution in [-0.2, 0) is 19.3 Å². The van der Waals surface area contributed by atoms with E-state index in [0.717, 1.165) is 47.9 Å². The molecule has 0 aliphatic carbocycles. The zero-order chi connectivity index (χ0) is 37.9. The highest BCUT2D eigenvalue weighted by Gasteiger charge is 2.12. The van der Waals surface area contributed by atoms with Gasteiger partial charge < -0.3 is 10.2 Å². The van der Waals surface area contributed by atoms with Crippen LogP contribution in [-0.4, -0.2) is 10.2 Å². The summed E-state index contributed by atoms with van der Waals surface area (Å²) in [6.45, 7) is 4.59. The SMILES string of the molecule is CCCCCCCCCCCCCCCCCCCc1cccc(Cc2cccc(CCCCCCCCCCCCCCCCCCC)c2O)c1O. The van der Waals surface area contributed by atoms with Gasteiger partial charge in [0.25, 0.3) is 0 Å². The lowest BCUT2D eigenvalue weighted by molar-refractivity contribution is 0.453. The lowest BCUT2D eigenvalue weighted by Gasteiger charge is -2.13. The number of rotatable bonds is 38. The fraction of sp³-hybridized carbons (Fsp3) is 0.765. The van der Waals surface area contributed by atoms with Crippen LogP contribution in [0, 0.1) is 0 Å². The minimum Gasteiger partial charge on any atom is -0.507 e. The van der Waals surface area contributed by atoms with Crippen molar-refractivity contribution in [1.82, 2.24) is 0 Å². The first-order valence-corrected chi connectivity index (χ1v) is 23.8. The second-order valence-electron chi connectivity index (χ2n) is 16.8. The number of unbranched alkanes of at least 4 members (excludes halogenated alkanes) is 32. The van der Waals surface area contributed by atoms with Crippen molar-refractivity contribution in [1.29, 1.82) is 0 Å². The zero-order valence-electron chi connectivity index (χ0n) is 35.5. The van der Waals surface area contributed by atoms with E-state index in [0.29, 0.717) is 17.9 Å². The molecule has 0 amide bonds. The largest absolute Gasteiger partial charge is 0.507 e. The van der Waals surface area contributed by atoms with Gasteiger partial charge in [-0.3, -0.25) is 0 Å². The summed E-state index contributed by atoms with van der Waals surface area (Å²) < 4.78 is 0. The highest BCUT2D eigenvalue weighted by Crippen LogP contribution is 2.31. The average Bonchev–Trinajstić information content (AvgIpc) is 3.16. The molecule has 0 saturated heterocycles. The summed E-state index contributed by atoms with van der Waals surface area (Å²) >= 11 is 0. The third-order valence-electron chi connectivity index (χ3n) is 11.9. The molecule has 304 valence electrons.